The number of anilines is 1. The molecule has 1 fully saturated rings. The van der Waals surface area contributed by atoms with Crippen molar-refractivity contribution in [3.63, 3.8) is 0 Å². The van der Waals surface area contributed by atoms with E-state index in [2.05, 4.69) is 15.4 Å². The van der Waals surface area contributed by atoms with Gasteiger partial charge in [0.2, 0.25) is 11.8 Å². The van der Waals surface area contributed by atoms with Crippen LogP contribution in [0.2, 0.25) is 0 Å². The molecule has 1 aliphatic heterocycles. The van der Waals surface area contributed by atoms with Crippen molar-refractivity contribution in [3.05, 3.63) is 24.5 Å². The largest absolute Gasteiger partial charge is 0.321 e. The quantitative estimate of drug-likeness (QED) is 0.919. The fourth-order valence-corrected chi connectivity index (χ4v) is 3.78. The summed E-state index contributed by atoms with van der Waals surface area (Å²) in [6, 6.07) is 3.00. The van der Waals surface area contributed by atoms with Gasteiger partial charge in [-0.3, -0.25) is 9.59 Å². The Bertz CT molecular complexity index is 767. The number of rotatable bonds is 3. The van der Waals surface area contributed by atoms with E-state index in [0.29, 0.717) is 29.5 Å². The van der Waals surface area contributed by atoms with E-state index in [1.807, 2.05) is 20.8 Å². The predicted molar refractivity (Wildman–Crippen MR) is 93.6 cm³/mol. The molecule has 1 aliphatic rings. The first kappa shape index (κ1) is 16.8. The highest BCUT2D eigenvalue weighted by atomic mass is 32.2. The molecule has 3 heterocycles. The van der Waals surface area contributed by atoms with Crippen LogP contribution in [0, 0.1) is 5.41 Å². The third-order valence-electron chi connectivity index (χ3n) is 3.73. The molecule has 1 unspecified atom stereocenters. The molecule has 8 heteroatoms. The van der Waals surface area contributed by atoms with Gasteiger partial charge in [-0.05, 0) is 11.5 Å². The second-order valence-corrected chi connectivity index (χ2v) is 8.04. The standard InChI is InChI=1S/C16H21N5O2S/c1-16(2,3)8-14(22)20-10-24-9-11(20)15(23)19-13-4-6-17-12-5-7-18-21(12)13/h4-7,11H,8-10H2,1-3H3,(H,19,23). The van der Waals surface area contributed by atoms with Crippen LogP contribution in [0.5, 0.6) is 0 Å². The maximum Gasteiger partial charge on any atom is 0.249 e. The molecule has 7 nitrogen and oxygen atoms in total. The van der Waals surface area contributed by atoms with E-state index in [1.165, 1.54) is 0 Å². The molecule has 24 heavy (non-hydrogen) atoms. The Morgan fingerprint density at radius 2 is 2.12 bits per heavy atom. The zero-order valence-corrected chi connectivity index (χ0v) is 14.8. The number of aromatic nitrogens is 3. The molecule has 1 saturated heterocycles. The van der Waals surface area contributed by atoms with Gasteiger partial charge in [0.15, 0.2) is 5.65 Å². The van der Waals surface area contributed by atoms with Crippen molar-refractivity contribution in [2.24, 2.45) is 5.41 Å². The highest BCUT2D eigenvalue weighted by Crippen LogP contribution is 2.27. The van der Waals surface area contributed by atoms with Gasteiger partial charge in [0.05, 0.1) is 12.1 Å². The monoisotopic (exact) mass is 347 g/mol. The zero-order chi connectivity index (χ0) is 17.3. The number of amides is 2. The Morgan fingerprint density at radius 1 is 1.33 bits per heavy atom. The Kier molecular flexibility index (Phi) is 4.49. The highest BCUT2D eigenvalue weighted by molar-refractivity contribution is 7.99. The fourth-order valence-electron chi connectivity index (χ4n) is 2.60. The van der Waals surface area contributed by atoms with Gasteiger partial charge in [-0.15, -0.1) is 11.8 Å². The fraction of sp³-hybridized carbons (Fsp3) is 0.500. The average molecular weight is 347 g/mol. The number of thioether (sulfide) groups is 1. The van der Waals surface area contributed by atoms with E-state index < -0.39 is 6.04 Å². The topological polar surface area (TPSA) is 79.6 Å². The van der Waals surface area contributed by atoms with Crippen molar-refractivity contribution in [1.29, 1.82) is 0 Å². The third kappa shape index (κ3) is 3.53. The summed E-state index contributed by atoms with van der Waals surface area (Å²) in [4.78, 5) is 31.0. The summed E-state index contributed by atoms with van der Waals surface area (Å²) in [5.74, 6) is 1.54. The van der Waals surface area contributed by atoms with Crippen LogP contribution in [-0.2, 0) is 9.59 Å². The van der Waals surface area contributed by atoms with Crippen molar-refractivity contribution in [3.8, 4) is 0 Å². The van der Waals surface area contributed by atoms with Gasteiger partial charge in [0, 0.05) is 24.4 Å². The predicted octanol–water partition coefficient (Wildman–Crippen LogP) is 2.01. The van der Waals surface area contributed by atoms with Gasteiger partial charge in [-0.2, -0.15) is 9.61 Å². The number of carbonyl (C=O) groups excluding carboxylic acids is 2. The number of fused-ring (bicyclic) bond motifs is 1. The SMILES string of the molecule is CC(C)(C)CC(=O)N1CSCC1C(=O)Nc1ccnc2ccnn12. The molecule has 1 atom stereocenters. The number of hydrogen-bond acceptors (Lipinski definition) is 5. The second-order valence-electron chi connectivity index (χ2n) is 7.04. The van der Waals surface area contributed by atoms with Crippen molar-refractivity contribution in [2.45, 2.75) is 33.2 Å². The minimum Gasteiger partial charge on any atom is -0.321 e. The molecule has 2 aromatic heterocycles. The lowest BCUT2D eigenvalue weighted by molar-refractivity contribution is -0.137. The summed E-state index contributed by atoms with van der Waals surface area (Å²) in [5.41, 5.74) is 0.562. The molecule has 0 spiro atoms. The van der Waals surface area contributed by atoms with Gasteiger partial charge < -0.3 is 10.2 Å². The van der Waals surface area contributed by atoms with Crippen LogP contribution in [0.4, 0.5) is 5.82 Å². The van der Waals surface area contributed by atoms with Gasteiger partial charge in [0.25, 0.3) is 0 Å². The van der Waals surface area contributed by atoms with Crippen LogP contribution < -0.4 is 5.32 Å². The lowest BCUT2D eigenvalue weighted by Crippen LogP contribution is -2.45. The molecule has 2 amide bonds. The zero-order valence-electron chi connectivity index (χ0n) is 14.0. The molecule has 0 aromatic carbocycles. The lowest BCUT2D eigenvalue weighted by atomic mass is 9.91. The third-order valence-corrected chi connectivity index (χ3v) is 4.74. The Balaban J connectivity index is 1.74. The number of hydrogen-bond donors (Lipinski definition) is 1. The summed E-state index contributed by atoms with van der Waals surface area (Å²) < 4.78 is 1.57. The Hall–Kier alpha value is -2.09. The Labute approximate surface area is 144 Å². The summed E-state index contributed by atoms with van der Waals surface area (Å²) >= 11 is 1.60. The molecule has 128 valence electrons. The molecular weight excluding hydrogens is 326 g/mol. The molecule has 0 bridgehead atoms. The number of carbonyl (C=O) groups is 2. The van der Waals surface area contributed by atoms with Crippen LogP contribution in [0.3, 0.4) is 0 Å². The van der Waals surface area contributed by atoms with Crippen molar-refractivity contribution < 1.29 is 9.59 Å². The highest BCUT2D eigenvalue weighted by Gasteiger charge is 2.36. The summed E-state index contributed by atoms with van der Waals surface area (Å²) in [6.45, 7) is 6.07. The smallest absolute Gasteiger partial charge is 0.249 e. The van der Waals surface area contributed by atoms with Crippen LogP contribution in [0.25, 0.3) is 5.65 Å². The first-order chi connectivity index (χ1) is 11.3. The molecule has 1 N–H and O–H groups in total. The number of nitrogens with one attached hydrogen (secondary N) is 1. The normalized spacial score (nSPS) is 18.1. The van der Waals surface area contributed by atoms with Gasteiger partial charge in [-0.1, -0.05) is 20.8 Å². The molecule has 0 radical (unpaired) electrons. The first-order valence-corrected chi connectivity index (χ1v) is 8.97. The molecular formula is C16H21N5O2S. The second kappa shape index (κ2) is 6.43. The number of nitrogens with zero attached hydrogens (tertiary/aromatic N) is 4. The lowest BCUT2D eigenvalue weighted by Gasteiger charge is -2.26. The maximum absolute atomic E-state index is 12.7. The first-order valence-electron chi connectivity index (χ1n) is 7.82. The van der Waals surface area contributed by atoms with Crippen LogP contribution >= 0.6 is 11.8 Å². The van der Waals surface area contributed by atoms with Crippen molar-refractivity contribution >= 4 is 35.0 Å². The minimum absolute atomic E-state index is 0.0200. The van der Waals surface area contributed by atoms with Crippen LogP contribution in [0.15, 0.2) is 24.5 Å². The maximum atomic E-state index is 12.7. The molecule has 0 aliphatic carbocycles. The molecule has 3 rings (SSSR count). The summed E-state index contributed by atoms with van der Waals surface area (Å²) in [6.07, 6.45) is 3.68. The van der Waals surface area contributed by atoms with Crippen molar-refractivity contribution in [1.82, 2.24) is 19.5 Å². The van der Waals surface area contributed by atoms with Crippen LogP contribution in [0.1, 0.15) is 27.2 Å². The van der Waals surface area contributed by atoms with E-state index >= 15 is 0 Å². The van der Waals surface area contributed by atoms with E-state index in [4.69, 9.17) is 0 Å². The summed E-state index contributed by atoms with van der Waals surface area (Å²) in [7, 11) is 0. The van der Waals surface area contributed by atoms with Gasteiger partial charge in [0.1, 0.15) is 11.9 Å². The van der Waals surface area contributed by atoms with Gasteiger partial charge in [-0.25, -0.2) is 4.98 Å². The van der Waals surface area contributed by atoms with E-state index in [9.17, 15) is 9.59 Å². The summed E-state index contributed by atoms with van der Waals surface area (Å²) in [5, 5.41) is 7.03. The van der Waals surface area contributed by atoms with E-state index in [0.717, 1.165) is 0 Å². The van der Waals surface area contributed by atoms with E-state index in [1.54, 1.807) is 45.7 Å². The van der Waals surface area contributed by atoms with Crippen molar-refractivity contribution in [2.75, 3.05) is 16.9 Å². The molecule has 2 aromatic rings. The van der Waals surface area contributed by atoms with Crippen LogP contribution in [-0.4, -0.2) is 49.0 Å². The Morgan fingerprint density at radius 3 is 2.88 bits per heavy atom. The van der Waals surface area contributed by atoms with E-state index in [-0.39, 0.29) is 17.2 Å². The molecule has 0 saturated carbocycles. The minimum atomic E-state index is -0.455. The van der Waals surface area contributed by atoms with Gasteiger partial charge >= 0.3 is 0 Å². The average Bonchev–Trinajstić information content (AvgIpc) is 3.15.